The Kier molecular flexibility index (Phi) is 5.26. The van der Waals surface area contributed by atoms with Crippen molar-refractivity contribution in [1.29, 1.82) is 0 Å². The first-order chi connectivity index (χ1) is 10.4. The smallest absolute Gasteiger partial charge is 0.240 e. The quantitative estimate of drug-likeness (QED) is 0.865. The minimum absolute atomic E-state index is 0.0659. The van der Waals surface area contributed by atoms with Crippen molar-refractivity contribution in [3.05, 3.63) is 29.3 Å². The monoisotopic (exact) mass is 320 g/mol. The largest absolute Gasteiger partial charge is 0.612 e. The number of carbonyl (C=O) groups is 1. The molecule has 22 heavy (non-hydrogen) atoms. The highest BCUT2D eigenvalue weighted by atomic mass is 32.2. The highest BCUT2D eigenvalue weighted by Gasteiger charge is 2.22. The van der Waals surface area contributed by atoms with Gasteiger partial charge in [-0.3, -0.25) is 4.79 Å². The van der Waals surface area contributed by atoms with Crippen LogP contribution in [0, 0.1) is 5.92 Å². The molecule has 118 valence electrons. The number of nitrogens with one attached hydrogen (secondary N) is 1. The topological polar surface area (TPSA) is 73.8 Å². The summed E-state index contributed by atoms with van der Waals surface area (Å²) in [7, 11) is 1.58. The third kappa shape index (κ3) is 3.69. The van der Waals surface area contributed by atoms with Crippen LogP contribution >= 0.6 is 0 Å². The normalized spacial score (nSPS) is 20.2. The zero-order valence-electron chi connectivity index (χ0n) is 13.2. The molecular weight excluding hydrogens is 300 g/mol. The highest BCUT2D eigenvalue weighted by Crippen LogP contribution is 2.25. The van der Waals surface area contributed by atoms with Gasteiger partial charge in [0.1, 0.15) is 12.0 Å². The van der Waals surface area contributed by atoms with Gasteiger partial charge in [-0.05, 0) is 41.9 Å². The Balaban J connectivity index is 2.38. The van der Waals surface area contributed by atoms with Gasteiger partial charge < -0.3 is 9.29 Å². The van der Waals surface area contributed by atoms with E-state index in [0.29, 0.717) is 17.1 Å². The fourth-order valence-corrected chi connectivity index (χ4v) is 3.19. The van der Waals surface area contributed by atoms with Gasteiger partial charge in [0.05, 0.1) is 12.8 Å². The van der Waals surface area contributed by atoms with E-state index in [0.717, 1.165) is 16.8 Å². The van der Waals surface area contributed by atoms with Crippen molar-refractivity contribution >= 4 is 28.9 Å². The van der Waals surface area contributed by atoms with E-state index in [1.807, 2.05) is 32.1 Å². The second-order valence-electron chi connectivity index (χ2n) is 5.32. The van der Waals surface area contributed by atoms with Crippen LogP contribution in [0.3, 0.4) is 0 Å². The number of ether oxygens (including phenoxy) is 1. The number of hydrazone groups is 1. The number of benzene rings is 1. The molecule has 0 bridgehead atoms. The van der Waals surface area contributed by atoms with Crippen LogP contribution in [0.2, 0.25) is 0 Å². The number of carbonyl (C=O) groups excluding carboxylic acids is 1. The van der Waals surface area contributed by atoms with Crippen molar-refractivity contribution in [3.63, 3.8) is 0 Å². The summed E-state index contributed by atoms with van der Waals surface area (Å²) in [6.07, 6.45) is 4.02. The Hall–Kier alpha value is -1.79. The number of methoxy groups -OCH3 is 1. The standard InChI is InChI=1S/C16H20N2O3S/c1-10(16-11(2)8-15(19)17-18-16)7-12-5-6-13(21-3)9-14(12)22(4)20/h5-7,9,11H,8H2,1-4H3,(H,17,19). The van der Waals surface area contributed by atoms with Crippen LogP contribution in [0.1, 0.15) is 25.8 Å². The zero-order chi connectivity index (χ0) is 16.3. The average Bonchev–Trinajstić information content (AvgIpc) is 2.47. The number of amides is 1. The molecule has 0 spiro atoms. The predicted molar refractivity (Wildman–Crippen MR) is 88.3 cm³/mol. The lowest BCUT2D eigenvalue weighted by Crippen LogP contribution is -2.31. The van der Waals surface area contributed by atoms with Crippen molar-refractivity contribution in [2.75, 3.05) is 13.4 Å². The van der Waals surface area contributed by atoms with Crippen molar-refractivity contribution in [2.24, 2.45) is 11.0 Å². The molecule has 1 aliphatic rings. The first-order valence-electron chi connectivity index (χ1n) is 6.99. The van der Waals surface area contributed by atoms with E-state index in [2.05, 4.69) is 10.5 Å². The molecule has 2 rings (SSSR count). The van der Waals surface area contributed by atoms with Crippen molar-refractivity contribution < 1.29 is 14.1 Å². The average molecular weight is 320 g/mol. The molecule has 1 amide bonds. The molecule has 2 atom stereocenters. The number of allylic oxidation sites excluding steroid dienone is 1. The van der Waals surface area contributed by atoms with Crippen molar-refractivity contribution in [1.82, 2.24) is 5.43 Å². The Morgan fingerprint density at radius 1 is 1.55 bits per heavy atom. The molecule has 2 unspecified atom stereocenters. The Morgan fingerprint density at radius 3 is 2.86 bits per heavy atom. The van der Waals surface area contributed by atoms with Gasteiger partial charge in [0.2, 0.25) is 5.91 Å². The van der Waals surface area contributed by atoms with Crippen molar-refractivity contribution in [2.45, 2.75) is 25.2 Å². The number of hydrogen-bond donors (Lipinski definition) is 1. The molecule has 1 aromatic rings. The van der Waals surface area contributed by atoms with Gasteiger partial charge in [-0.25, -0.2) is 5.43 Å². The second-order valence-corrected chi connectivity index (χ2v) is 6.67. The van der Waals surface area contributed by atoms with Crippen LogP contribution in [-0.2, 0) is 16.0 Å². The molecular formula is C16H20N2O3S. The summed E-state index contributed by atoms with van der Waals surface area (Å²) in [6, 6.07) is 5.50. The third-order valence-corrected chi connectivity index (χ3v) is 4.54. The minimum Gasteiger partial charge on any atom is -0.612 e. The predicted octanol–water partition coefficient (Wildman–Crippen LogP) is 2.35. The van der Waals surface area contributed by atoms with E-state index in [1.165, 1.54) is 0 Å². The number of rotatable bonds is 4. The first kappa shape index (κ1) is 16.6. The van der Waals surface area contributed by atoms with Gasteiger partial charge in [-0.15, -0.1) is 0 Å². The molecule has 0 aliphatic carbocycles. The fraction of sp³-hybridized carbons (Fsp3) is 0.375. The van der Waals surface area contributed by atoms with E-state index in [9.17, 15) is 9.35 Å². The first-order valence-corrected chi connectivity index (χ1v) is 8.54. The highest BCUT2D eigenvalue weighted by molar-refractivity contribution is 7.90. The molecule has 1 aliphatic heterocycles. The van der Waals surface area contributed by atoms with E-state index in [1.54, 1.807) is 19.4 Å². The van der Waals surface area contributed by atoms with Gasteiger partial charge in [0, 0.05) is 24.0 Å². The van der Waals surface area contributed by atoms with Crippen LogP contribution in [0.5, 0.6) is 5.75 Å². The fourth-order valence-electron chi connectivity index (χ4n) is 2.45. The zero-order valence-corrected chi connectivity index (χ0v) is 14.0. The summed E-state index contributed by atoms with van der Waals surface area (Å²) in [5.74, 6) is 0.679. The van der Waals surface area contributed by atoms with Crippen LogP contribution in [0.4, 0.5) is 0 Å². The lowest BCUT2D eigenvalue weighted by molar-refractivity contribution is -0.121. The SMILES string of the molecule is COc1ccc(C=C(C)C2=NNC(=O)CC2C)c([S+](C)[O-])c1. The minimum atomic E-state index is -1.12. The summed E-state index contributed by atoms with van der Waals surface area (Å²) in [5.41, 5.74) is 5.18. The van der Waals surface area contributed by atoms with Crippen LogP contribution in [-0.4, -0.2) is 29.5 Å². The maximum atomic E-state index is 11.9. The molecule has 0 saturated heterocycles. The Labute approximate surface area is 133 Å². The van der Waals surface area contributed by atoms with E-state index in [-0.39, 0.29) is 11.8 Å². The third-order valence-electron chi connectivity index (χ3n) is 3.57. The summed E-state index contributed by atoms with van der Waals surface area (Å²) in [5, 5.41) is 4.14. The summed E-state index contributed by atoms with van der Waals surface area (Å²) >= 11 is -1.12. The lowest BCUT2D eigenvalue weighted by Gasteiger charge is -2.19. The van der Waals surface area contributed by atoms with Crippen LogP contribution in [0.25, 0.3) is 6.08 Å². The molecule has 0 radical (unpaired) electrons. The molecule has 0 aromatic heterocycles. The summed E-state index contributed by atoms with van der Waals surface area (Å²) in [4.78, 5) is 12.0. The number of hydrogen-bond acceptors (Lipinski definition) is 4. The molecule has 6 heteroatoms. The lowest BCUT2D eigenvalue weighted by atomic mass is 9.93. The second kappa shape index (κ2) is 6.98. The van der Waals surface area contributed by atoms with Gasteiger partial charge in [0.25, 0.3) is 0 Å². The van der Waals surface area contributed by atoms with E-state index >= 15 is 0 Å². The van der Waals surface area contributed by atoms with Gasteiger partial charge in [-0.2, -0.15) is 5.10 Å². The summed E-state index contributed by atoms with van der Waals surface area (Å²) < 4.78 is 17.1. The number of nitrogens with zero attached hydrogens (tertiary/aromatic N) is 1. The van der Waals surface area contributed by atoms with Crippen molar-refractivity contribution in [3.8, 4) is 5.75 Å². The maximum absolute atomic E-state index is 11.9. The summed E-state index contributed by atoms with van der Waals surface area (Å²) in [6.45, 7) is 3.92. The van der Waals surface area contributed by atoms with E-state index in [4.69, 9.17) is 4.74 Å². The molecule has 1 aromatic carbocycles. The Morgan fingerprint density at radius 2 is 2.27 bits per heavy atom. The molecule has 0 fully saturated rings. The van der Waals surface area contributed by atoms with Gasteiger partial charge in [-0.1, -0.05) is 6.92 Å². The Bertz CT molecular complexity index is 638. The van der Waals surface area contributed by atoms with E-state index < -0.39 is 11.2 Å². The van der Waals surface area contributed by atoms with Crippen LogP contribution in [0.15, 0.2) is 33.8 Å². The van der Waals surface area contributed by atoms with Gasteiger partial charge in [0.15, 0.2) is 4.90 Å². The molecule has 1 heterocycles. The maximum Gasteiger partial charge on any atom is 0.240 e. The molecule has 0 saturated carbocycles. The molecule has 1 N–H and O–H groups in total. The van der Waals surface area contributed by atoms with Crippen LogP contribution < -0.4 is 10.2 Å². The molecule has 5 nitrogen and oxygen atoms in total. The van der Waals surface area contributed by atoms with Gasteiger partial charge >= 0.3 is 0 Å².